The van der Waals surface area contributed by atoms with Gasteiger partial charge in [0.2, 0.25) is 0 Å². The molecule has 3 rings (SSSR count). The first-order chi connectivity index (χ1) is 9.73. The van der Waals surface area contributed by atoms with Gasteiger partial charge in [0, 0.05) is 12.6 Å². The van der Waals surface area contributed by atoms with Gasteiger partial charge in [-0.05, 0) is 22.8 Å². The minimum absolute atomic E-state index is 0.0453. The second-order valence-corrected chi connectivity index (χ2v) is 7.15. The summed E-state index contributed by atoms with van der Waals surface area (Å²) < 4.78 is 5.36. The number of nitrogens with one attached hydrogen (secondary N) is 2. The smallest absolute Gasteiger partial charge is 0.262 e. The van der Waals surface area contributed by atoms with Crippen molar-refractivity contribution in [1.82, 2.24) is 0 Å². The Balaban J connectivity index is 1.75. The molecule has 4 N–H and O–H groups in total. The second-order valence-electron chi connectivity index (χ2n) is 7.15. The maximum Gasteiger partial charge on any atom is 0.262 e. The SMILES string of the molecule is CC1(C)C(CNc2cc3c(cc2N)OCC(=O)N3)C1(C)C. The Morgan fingerprint density at radius 2 is 2.00 bits per heavy atom. The molecule has 0 spiro atoms. The van der Waals surface area contributed by atoms with E-state index in [9.17, 15) is 4.79 Å². The summed E-state index contributed by atoms with van der Waals surface area (Å²) in [6.07, 6.45) is 0. The Labute approximate surface area is 125 Å². The number of carbonyl (C=O) groups excluding carboxylic acids is 1. The van der Waals surface area contributed by atoms with Crippen molar-refractivity contribution >= 4 is 23.0 Å². The van der Waals surface area contributed by atoms with Crippen LogP contribution in [0.4, 0.5) is 17.1 Å². The van der Waals surface area contributed by atoms with Crippen LogP contribution in [0.5, 0.6) is 5.75 Å². The highest BCUT2D eigenvalue weighted by atomic mass is 16.5. The van der Waals surface area contributed by atoms with Crippen molar-refractivity contribution in [2.45, 2.75) is 27.7 Å². The normalized spacial score (nSPS) is 22.0. The van der Waals surface area contributed by atoms with Gasteiger partial charge < -0.3 is 21.1 Å². The highest BCUT2D eigenvalue weighted by Crippen LogP contribution is 2.68. The second kappa shape index (κ2) is 4.29. The van der Waals surface area contributed by atoms with E-state index in [1.165, 1.54) is 0 Å². The number of rotatable bonds is 3. The molecule has 21 heavy (non-hydrogen) atoms. The largest absolute Gasteiger partial charge is 0.482 e. The number of carbonyl (C=O) groups is 1. The number of nitrogen functional groups attached to an aromatic ring is 1. The topological polar surface area (TPSA) is 76.4 Å². The lowest BCUT2D eigenvalue weighted by Crippen LogP contribution is -2.25. The fourth-order valence-electron chi connectivity index (χ4n) is 3.35. The number of fused-ring (bicyclic) bond motifs is 1. The zero-order valence-electron chi connectivity index (χ0n) is 13.0. The van der Waals surface area contributed by atoms with Gasteiger partial charge >= 0.3 is 0 Å². The lowest BCUT2D eigenvalue weighted by atomic mass is 10.0. The van der Waals surface area contributed by atoms with Gasteiger partial charge in [-0.2, -0.15) is 0 Å². The highest BCUT2D eigenvalue weighted by Gasteiger charge is 2.64. The summed E-state index contributed by atoms with van der Waals surface area (Å²) in [5.74, 6) is 1.10. The molecule has 1 aromatic carbocycles. The number of benzene rings is 1. The summed E-state index contributed by atoms with van der Waals surface area (Å²) in [4.78, 5) is 11.4. The Hall–Kier alpha value is -1.91. The van der Waals surface area contributed by atoms with Crippen LogP contribution in [0.2, 0.25) is 0 Å². The minimum atomic E-state index is -0.136. The quantitative estimate of drug-likeness (QED) is 0.748. The Bertz CT molecular complexity index is 594. The van der Waals surface area contributed by atoms with E-state index in [1.807, 2.05) is 6.07 Å². The van der Waals surface area contributed by atoms with Gasteiger partial charge in [0.15, 0.2) is 6.61 Å². The number of hydrogen-bond donors (Lipinski definition) is 3. The average molecular weight is 289 g/mol. The molecule has 1 fully saturated rings. The number of ether oxygens (including phenoxy) is 1. The first kappa shape index (κ1) is 14.0. The molecule has 1 amide bonds. The third-order valence-electron chi connectivity index (χ3n) is 5.60. The zero-order chi connectivity index (χ0) is 15.4. The van der Waals surface area contributed by atoms with Crippen molar-refractivity contribution < 1.29 is 9.53 Å². The lowest BCUT2D eigenvalue weighted by Gasteiger charge is -2.20. The minimum Gasteiger partial charge on any atom is -0.482 e. The van der Waals surface area contributed by atoms with Crippen LogP contribution in [0.1, 0.15) is 27.7 Å². The van der Waals surface area contributed by atoms with Crippen LogP contribution in [-0.4, -0.2) is 19.1 Å². The van der Waals surface area contributed by atoms with Crippen LogP contribution in [0.25, 0.3) is 0 Å². The number of hydrogen-bond acceptors (Lipinski definition) is 4. The van der Waals surface area contributed by atoms with Crippen molar-refractivity contribution in [3.8, 4) is 5.75 Å². The zero-order valence-corrected chi connectivity index (χ0v) is 13.0. The fraction of sp³-hybridized carbons (Fsp3) is 0.562. The molecule has 0 saturated heterocycles. The first-order valence-electron chi connectivity index (χ1n) is 7.33. The molecule has 2 aliphatic rings. The summed E-state index contributed by atoms with van der Waals surface area (Å²) in [7, 11) is 0. The molecule has 0 aromatic heterocycles. The van der Waals surface area contributed by atoms with E-state index in [4.69, 9.17) is 10.5 Å². The van der Waals surface area contributed by atoms with Crippen molar-refractivity contribution in [2.75, 3.05) is 29.5 Å². The van der Waals surface area contributed by atoms with E-state index in [0.717, 1.165) is 12.2 Å². The third-order valence-corrected chi connectivity index (χ3v) is 5.60. The molecule has 5 nitrogen and oxygen atoms in total. The van der Waals surface area contributed by atoms with E-state index >= 15 is 0 Å². The standard InChI is InChI=1S/C16H23N3O2/c1-15(2)13(16(15,3)4)7-18-10-6-11-12(5-9(10)17)21-8-14(20)19-11/h5-6,13,18H,7-8,17H2,1-4H3,(H,19,20). The van der Waals surface area contributed by atoms with Crippen molar-refractivity contribution in [3.05, 3.63) is 12.1 Å². The van der Waals surface area contributed by atoms with Crippen LogP contribution in [0, 0.1) is 16.7 Å². The number of anilines is 3. The summed E-state index contributed by atoms with van der Waals surface area (Å²) >= 11 is 0. The van der Waals surface area contributed by atoms with Gasteiger partial charge in [0.25, 0.3) is 5.91 Å². The summed E-state index contributed by atoms with van der Waals surface area (Å²) in [6.45, 7) is 10.1. The van der Waals surface area contributed by atoms with E-state index in [1.54, 1.807) is 6.07 Å². The highest BCUT2D eigenvalue weighted by molar-refractivity contribution is 5.97. The molecule has 114 valence electrons. The molecular formula is C16H23N3O2. The monoisotopic (exact) mass is 289 g/mol. The maximum atomic E-state index is 11.4. The van der Waals surface area contributed by atoms with Crippen LogP contribution in [-0.2, 0) is 4.79 Å². The van der Waals surface area contributed by atoms with Crippen LogP contribution in [0.15, 0.2) is 12.1 Å². The summed E-state index contributed by atoms with van der Waals surface area (Å²) in [6, 6.07) is 3.62. The molecule has 1 aliphatic carbocycles. The van der Waals surface area contributed by atoms with Crippen molar-refractivity contribution in [3.63, 3.8) is 0 Å². The average Bonchev–Trinajstić information content (AvgIpc) is 2.78. The molecular weight excluding hydrogens is 266 g/mol. The molecule has 1 heterocycles. The van der Waals surface area contributed by atoms with Crippen LogP contribution >= 0.6 is 0 Å². The van der Waals surface area contributed by atoms with Crippen LogP contribution < -0.4 is 21.1 Å². The Morgan fingerprint density at radius 3 is 2.62 bits per heavy atom. The van der Waals surface area contributed by atoms with Crippen molar-refractivity contribution in [1.29, 1.82) is 0 Å². The molecule has 1 aliphatic heterocycles. The van der Waals surface area contributed by atoms with E-state index in [-0.39, 0.29) is 12.5 Å². The number of amides is 1. The lowest BCUT2D eigenvalue weighted by molar-refractivity contribution is -0.118. The Morgan fingerprint density at radius 1 is 1.33 bits per heavy atom. The van der Waals surface area contributed by atoms with E-state index in [0.29, 0.717) is 33.9 Å². The molecule has 1 aromatic rings. The fourth-order valence-corrected chi connectivity index (χ4v) is 3.35. The Kier molecular flexibility index (Phi) is 2.87. The predicted octanol–water partition coefficient (Wildman–Crippen LogP) is 2.69. The van der Waals surface area contributed by atoms with E-state index in [2.05, 4.69) is 38.3 Å². The summed E-state index contributed by atoms with van der Waals surface area (Å²) in [5, 5.41) is 6.22. The van der Waals surface area contributed by atoms with Gasteiger partial charge in [-0.25, -0.2) is 0 Å². The van der Waals surface area contributed by atoms with Gasteiger partial charge in [-0.1, -0.05) is 27.7 Å². The first-order valence-corrected chi connectivity index (χ1v) is 7.33. The maximum absolute atomic E-state index is 11.4. The van der Waals surface area contributed by atoms with Gasteiger partial charge in [0.1, 0.15) is 5.75 Å². The van der Waals surface area contributed by atoms with Gasteiger partial charge in [-0.3, -0.25) is 4.79 Å². The molecule has 5 heteroatoms. The molecule has 0 radical (unpaired) electrons. The molecule has 0 unspecified atom stereocenters. The van der Waals surface area contributed by atoms with E-state index < -0.39 is 0 Å². The van der Waals surface area contributed by atoms with Gasteiger partial charge in [-0.15, -0.1) is 0 Å². The third kappa shape index (κ3) is 2.11. The van der Waals surface area contributed by atoms with Crippen LogP contribution in [0.3, 0.4) is 0 Å². The molecule has 1 saturated carbocycles. The predicted molar refractivity (Wildman–Crippen MR) is 84.5 cm³/mol. The molecule has 0 bridgehead atoms. The number of nitrogens with two attached hydrogens (primary N) is 1. The summed E-state index contributed by atoms with van der Waals surface area (Å²) in [5.41, 5.74) is 8.90. The van der Waals surface area contributed by atoms with Gasteiger partial charge in [0.05, 0.1) is 17.1 Å². The van der Waals surface area contributed by atoms with Crippen molar-refractivity contribution in [2.24, 2.45) is 16.7 Å². The molecule has 0 atom stereocenters.